The van der Waals surface area contributed by atoms with Crippen LogP contribution in [-0.4, -0.2) is 63.8 Å². The maximum absolute atomic E-state index is 12.5. The molecule has 2 aromatic rings. The fraction of sp³-hybridized carbons (Fsp3) is 0.524. The summed E-state index contributed by atoms with van der Waals surface area (Å²) in [5.74, 6) is 0.920. The van der Waals surface area contributed by atoms with Gasteiger partial charge in [-0.25, -0.2) is 4.79 Å². The zero-order chi connectivity index (χ0) is 21.0. The zero-order valence-corrected chi connectivity index (χ0v) is 17.5. The van der Waals surface area contributed by atoms with Crippen LogP contribution in [0.3, 0.4) is 0 Å². The zero-order valence-electron chi connectivity index (χ0n) is 17.5. The average molecular weight is 400 g/mol. The fourth-order valence-corrected chi connectivity index (χ4v) is 3.00. The molecule has 1 aromatic heterocycles. The minimum Gasteiger partial charge on any atom is -0.444 e. The minimum absolute atomic E-state index is 0.0175. The molecule has 1 aromatic carbocycles. The highest BCUT2D eigenvalue weighted by atomic mass is 16.6. The SMILES string of the molecule is Cc1ccc(-c2nnc(CCC(=O)N3CCN(C(=O)OC(C)(C)C)CC3)o2)cc1. The Morgan fingerprint density at radius 2 is 1.66 bits per heavy atom. The van der Waals surface area contributed by atoms with Gasteiger partial charge in [0.1, 0.15) is 5.60 Å². The summed E-state index contributed by atoms with van der Waals surface area (Å²) in [6.45, 7) is 9.47. The Morgan fingerprint density at radius 3 is 2.28 bits per heavy atom. The van der Waals surface area contributed by atoms with Crippen LogP contribution in [-0.2, 0) is 16.0 Å². The number of rotatable bonds is 4. The van der Waals surface area contributed by atoms with Crippen molar-refractivity contribution >= 4 is 12.0 Å². The number of hydrogen-bond donors (Lipinski definition) is 0. The first-order chi connectivity index (χ1) is 13.7. The van der Waals surface area contributed by atoms with Crippen molar-refractivity contribution in [2.75, 3.05) is 26.2 Å². The van der Waals surface area contributed by atoms with Crippen molar-refractivity contribution in [3.8, 4) is 11.5 Å². The van der Waals surface area contributed by atoms with Crippen molar-refractivity contribution in [1.29, 1.82) is 0 Å². The molecule has 3 rings (SSSR count). The predicted molar refractivity (Wildman–Crippen MR) is 107 cm³/mol. The first-order valence-electron chi connectivity index (χ1n) is 9.86. The van der Waals surface area contributed by atoms with E-state index >= 15 is 0 Å². The number of nitrogens with zero attached hydrogens (tertiary/aromatic N) is 4. The third-order valence-corrected chi connectivity index (χ3v) is 4.60. The third-order valence-electron chi connectivity index (χ3n) is 4.60. The largest absolute Gasteiger partial charge is 0.444 e. The number of ether oxygens (including phenoxy) is 1. The number of aromatic nitrogens is 2. The van der Waals surface area contributed by atoms with Crippen LogP contribution in [0.5, 0.6) is 0 Å². The maximum Gasteiger partial charge on any atom is 0.410 e. The Kier molecular flexibility index (Phi) is 6.20. The van der Waals surface area contributed by atoms with Gasteiger partial charge >= 0.3 is 6.09 Å². The Balaban J connectivity index is 1.46. The van der Waals surface area contributed by atoms with E-state index in [-0.39, 0.29) is 12.0 Å². The highest BCUT2D eigenvalue weighted by Gasteiger charge is 2.27. The summed E-state index contributed by atoms with van der Waals surface area (Å²) < 4.78 is 11.1. The van der Waals surface area contributed by atoms with Crippen LogP contribution in [0.2, 0.25) is 0 Å². The Hall–Kier alpha value is -2.90. The van der Waals surface area contributed by atoms with E-state index in [0.717, 1.165) is 11.1 Å². The van der Waals surface area contributed by atoms with Crippen LogP contribution in [0.4, 0.5) is 4.79 Å². The third kappa shape index (κ3) is 5.79. The predicted octanol–water partition coefficient (Wildman–Crippen LogP) is 3.06. The molecule has 2 heterocycles. The normalized spacial score (nSPS) is 14.8. The van der Waals surface area contributed by atoms with E-state index in [1.807, 2.05) is 52.0 Å². The molecule has 0 aliphatic carbocycles. The summed E-state index contributed by atoms with van der Waals surface area (Å²) in [7, 11) is 0. The highest BCUT2D eigenvalue weighted by Crippen LogP contribution is 2.19. The van der Waals surface area contributed by atoms with Crippen molar-refractivity contribution < 1.29 is 18.7 Å². The molecule has 0 N–H and O–H groups in total. The maximum atomic E-state index is 12.5. The summed E-state index contributed by atoms with van der Waals surface area (Å²) in [4.78, 5) is 28.0. The Morgan fingerprint density at radius 1 is 1.03 bits per heavy atom. The van der Waals surface area contributed by atoms with Crippen molar-refractivity contribution in [3.05, 3.63) is 35.7 Å². The molecule has 0 radical (unpaired) electrons. The first-order valence-corrected chi connectivity index (χ1v) is 9.86. The molecule has 29 heavy (non-hydrogen) atoms. The van der Waals surface area contributed by atoms with Crippen molar-refractivity contribution in [3.63, 3.8) is 0 Å². The molecule has 0 bridgehead atoms. The molecule has 1 fully saturated rings. The molecule has 0 unspecified atom stereocenters. The molecule has 1 aliphatic rings. The van der Waals surface area contributed by atoms with Gasteiger partial charge in [-0.3, -0.25) is 4.79 Å². The molecule has 0 spiro atoms. The van der Waals surface area contributed by atoms with Crippen molar-refractivity contribution in [1.82, 2.24) is 20.0 Å². The van der Waals surface area contributed by atoms with Gasteiger partial charge in [0.05, 0.1) is 0 Å². The molecule has 0 atom stereocenters. The molecular weight excluding hydrogens is 372 g/mol. The van der Waals surface area contributed by atoms with E-state index in [1.54, 1.807) is 9.80 Å². The second-order valence-corrected chi connectivity index (χ2v) is 8.22. The van der Waals surface area contributed by atoms with Gasteiger partial charge in [-0.15, -0.1) is 10.2 Å². The quantitative estimate of drug-likeness (QED) is 0.784. The molecule has 156 valence electrons. The Bertz CT molecular complexity index is 846. The van der Waals surface area contributed by atoms with Gasteiger partial charge in [0.25, 0.3) is 0 Å². The smallest absolute Gasteiger partial charge is 0.410 e. The number of hydrogen-bond acceptors (Lipinski definition) is 6. The number of benzene rings is 1. The van der Waals surface area contributed by atoms with Gasteiger partial charge in [-0.1, -0.05) is 17.7 Å². The summed E-state index contributed by atoms with van der Waals surface area (Å²) in [5.41, 5.74) is 1.50. The number of carbonyl (C=O) groups excluding carboxylic acids is 2. The number of amides is 2. The van der Waals surface area contributed by atoms with Crippen LogP contribution >= 0.6 is 0 Å². The molecular formula is C21H28N4O4. The van der Waals surface area contributed by atoms with Gasteiger partial charge in [0, 0.05) is 44.6 Å². The topological polar surface area (TPSA) is 88.8 Å². The molecule has 8 heteroatoms. The lowest BCUT2D eigenvalue weighted by atomic mass is 10.1. The Labute approximate surface area is 170 Å². The lowest BCUT2D eigenvalue weighted by Crippen LogP contribution is -2.51. The van der Waals surface area contributed by atoms with Gasteiger partial charge in [-0.2, -0.15) is 0 Å². The van der Waals surface area contributed by atoms with Gasteiger partial charge in [-0.05, 0) is 39.8 Å². The second kappa shape index (κ2) is 8.63. The van der Waals surface area contributed by atoms with Crippen LogP contribution in [0.15, 0.2) is 28.7 Å². The standard InChI is InChI=1S/C21H28N4O4/c1-15-5-7-16(8-6-15)19-23-22-17(28-19)9-10-18(26)24-11-13-25(14-12-24)20(27)29-21(2,3)4/h5-8H,9-14H2,1-4H3. The van der Waals surface area contributed by atoms with Crippen LogP contribution < -0.4 is 0 Å². The summed E-state index contributed by atoms with van der Waals surface area (Å²) >= 11 is 0. The molecule has 8 nitrogen and oxygen atoms in total. The van der Waals surface area contributed by atoms with E-state index < -0.39 is 5.60 Å². The number of carbonyl (C=O) groups is 2. The second-order valence-electron chi connectivity index (χ2n) is 8.22. The van der Waals surface area contributed by atoms with E-state index in [1.165, 1.54) is 0 Å². The van der Waals surface area contributed by atoms with E-state index in [2.05, 4.69) is 10.2 Å². The average Bonchev–Trinajstić information content (AvgIpc) is 3.14. The number of aryl methyl sites for hydroxylation is 2. The molecule has 1 aliphatic heterocycles. The molecule has 2 amide bonds. The molecule has 0 saturated carbocycles. The van der Waals surface area contributed by atoms with E-state index in [4.69, 9.17) is 9.15 Å². The minimum atomic E-state index is -0.522. The van der Waals surface area contributed by atoms with E-state index in [9.17, 15) is 9.59 Å². The fourth-order valence-electron chi connectivity index (χ4n) is 3.00. The summed E-state index contributed by atoms with van der Waals surface area (Å²) in [6.07, 6.45) is 0.352. The lowest BCUT2D eigenvalue weighted by molar-refractivity contribution is -0.133. The van der Waals surface area contributed by atoms with Crippen molar-refractivity contribution in [2.45, 2.75) is 46.1 Å². The van der Waals surface area contributed by atoms with Crippen LogP contribution in [0.1, 0.15) is 38.6 Å². The first kappa shape index (κ1) is 20.8. The van der Waals surface area contributed by atoms with Gasteiger partial charge in [0.15, 0.2) is 0 Å². The monoisotopic (exact) mass is 400 g/mol. The van der Waals surface area contributed by atoms with Crippen LogP contribution in [0, 0.1) is 6.92 Å². The summed E-state index contributed by atoms with van der Waals surface area (Å²) in [6, 6.07) is 7.84. The number of piperazine rings is 1. The summed E-state index contributed by atoms with van der Waals surface area (Å²) in [5, 5.41) is 8.11. The van der Waals surface area contributed by atoms with Gasteiger partial charge in [0.2, 0.25) is 17.7 Å². The lowest BCUT2D eigenvalue weighted by Gasteiger charge is -2.35. The van der Waals surface area contributed by atoms with E-state index in [0.29, 0.717) is 50.8 Å². The highest BCUT2D eigenvalue weighted by molar-refractivity contribution is 5.77. The van der Waals surface area contributed by atoms with Crippen LogP contribution in [0.25, 0.3) is 11.5 Å². The van der Waals surface area contributed by atoms with Gasteiger partial charge < -0.3 is 19.0 Å². The van der Waals surface area contributed by atoms with Crippen molar-refractivity contribution in [2.24, 2.45) is 0 Å². The molecule has 1 saturated heterocycles.